The minimum atomic E-state index is -4.83. The Bertz CT molecular complexity index is 767. The van der Waals surface area contributed by atoms with E-state index in [4.69, 9.17) is 0 Å². The van der Waals surface area contributed by atoms with Gasteiger partial charge in [0, 0.05) is 12.8 Å². The molecule has 2 rings (SSSR count). The molecule has 0 amide bonds. The van der Waals surface area contributed by atoms with Crippen molar-refractivity contribution < 1.29 is 18.0 Å². The van der Waals surface area contributed by atoms with Crippen molar-refractivity contribution in [3.63, 3.8) is 0 Å². The molecule has 25 heavy (non-hydrogen) atoms. The average molecular weight is 344 g/mol. The molecule has 0 unspecified atom stereocenters. The van der Waals surface area contributed by atoms with Gasteiger partial charge in [-0.3, -0.25) is 4.79 Å². The fourth-order valence-electron chi connectivity index (χ4n) is 2.56. The van der Waals surface area contributed by atoms with E-state index in [1.807, 2.05) is 49.4 Å². The van der Waals surface area contributed by atoms with Crippen LogP contribution < -0.4 is 0 Å². The lowest BCUT2D eigenvalue weighted by molar-refractivity contribution is -0.171. The Labute approximate surface area is 145 Å². The lowest BCUT2D eigenvalue weighted by Crippen LogP contribution is -2.24. The summed E-state index contributed by atoms with van der Waals surface area (Å²) in [4.78, 5) is 11.4. The molecule has 0 aliphatic rings. The van der Waals surface area contributed by atoms with Gasteiger partial charge in [0.15, 0.2) is 0 Å². The summed E-state index contributed by atoms with van der Waals surface area (Å²) in [5.41, 5.74) is 2.63. The fourth-order valence-corrected chi connectivity index (χ4v) is 2.56. The largest absolute Gasteiger partial charge is 0.450 e. The molecule has 0 spiro atoms. The molecule has 0 aliphatic heterocycles. The maximum absolute atomic E-state index is 12.6. The third-order valence-corrected chi connectivity index (χ3v) is 3.93. The van der Waals surface area contributed by atoms with E-state index in [0.717, 1.165) is 17.5 Å². The summed E-state index contributed by atoms with van der Waals surface area (Å²) in [7, 11) is 0. The summed E-state index contributed by atoms with van der Waals surface area (Å²) in [6, 6.07) is 16.8. The highest BCUT2D eigenvalue weighted by atomic mass is 19.4. The molecule has 0 saturated heterocycles. The Morgan fingerprint density at radius 1 is 1.04 bits per heavy atom. The van der Waals surface area contributed by atoms with E-state index < -0.39 is 24.3 Å². The van der Waals surface area contributed by atoms with Crippen molar-refractivity contribution in [3.8, 4) is 11.8 Å². The number of benzene rings is 2. The van der Waals surface area contributed by atoms with Crippen LogP contribution in [-0.4, -0.2) is 12.0 Å². The van der Waals surface area contributed by atoms with Crippen molar-refractivity contribution in [1.29, 1.82) is 0 Å². The molecule has 130 valence electrons. The van der Waals surface area contributed by atoms with Gasteiger partial charge in [0.1, 0.15) is 0 Å². The second kappa shape index (κ2) is 8.53. The number of alkyl halides is 3. The zero-order valence-electron chi connectivity index (χ0n) is 13.9. The fraction of sp³-hybridized carbons (Fsp3) is 0.286. The number of carbonyl (C=O) groups is 1. The van der Waals surface area contributed by atoms with Gasteiger partial charge in [0.25, 0.3) is 0 Å². The lowest BCUT2D eigenvalue weighted by Gasteiger charge is -2.14. The SMILES string of the molecule is Cc1ccccc1[C@H](C#CCCc1ccccc1)CC(=O)C(F)(F)F. The highest BCUT2D eigenvalue weighted by Crippen LogP contribution is 2.27. The zero-order valence-corrected chi connectivity index (χ0v) is 13.9. The van der Waals surface area contributed by atoms with Crippen LogP contribution in [0, 0.1) is 18.8 Å². The van der Waals surface area contributed by atoms with E-state index in [1.54, 1.807) is 12.1 Å². The molecule has 4 heteroatoms. The molecular weight excluding hydrogens is 325 g/mol. The van der Waals surface area contributed by atoms with E-state index in [1.165, 1.54) is 0 Å². The van der Waals surface area contributed by atoms with E-state index >= 15 is 0 Å². The molecule has 0 aromatic heterocycles. The first-order valence-electron chi connectivity index (χ1n) is 8.06. The zero-order chi connectivity index (χ0) is 18.3. The molecule has 0 bridgehead atoms. The highest BCUT2D eigenvalue weighted by Gasteiger charge is 2.39. The first-order valence-corrected chi connectivity index (χ1v) is 8.06. The Kier molecular flexibility index (Phi) is 6.41. The normalized spacial score (nSPS) is 12.2. The summed E-state index contributed by atoms with van der Waals surface area (Å²) in [6.45, 7) is 1.81. The number of ketones is 1. The number of Topliss-reactive ketones (excluding diaryl/α,β-unsaturated/α-hetero) is 1. The Morgan fingerprint density at radius 3 is 2.32 bits per heavy atom. The number of aryl methyl sites for hydroxylation is 2. The van der Waals surface area contributed by atoms with Gasteiger partial charge in [0.05, 0.1) is 5.92 Å². The van der Waals surface area contributed by atoms with E-state index in [0.29, 0.717) is 12.0 Å². The molecule has 0 saturated carbocycles. The van der Waals surface area contributed by atoms with Crippen molar-refractivity contribution in [2.24, 2.45) is 0 Å². The molecule has 2 aromatic carbocycles. The molecular formula is C21H19F3O. The predicted molar refractivity (Wildman–Crippen MR) is 92.1 cm³/mol. The second-order valence-corrected chi connectivity index (χ2v) is 5.84. The molecule has 0 aliphatic carbocycles. The third-order valence-electron chi connectivity index (χ3n) is 3.93. The highest BCUT2D eigenvalue weighted by molar-refractivity contribution is 5.85. The van der Waals surface area contributed by atoms with E-state index in [2.05, 4.69) is 11.8 Å². The van der Waals surface area contributed by atoms with Crippen LogP contribution in [0.3, 0.4) is 0 Å². The van der Waals surface area contributed by atoms with E-state index in [-0.39, 0.29) is 0 Å². The standard InChI is InChI=1S/C21H19F3O/c1-16-9-5-8-14-19(16)18(15-20(25)21(22,23)24)13-7-6-12-17-10-3-2-4-11-17/h2-5,8-11,14,18H,6,12,15H2,1H3/t18-/m1/s1. The molecule has 2 aromatic rings. The molecule has 0 heterocycles. The number of halogens is 3. The molecule has 0 N–H and O–H groups in total. The monoisotopic (exact) mass is 344 g/mol. The number of hydrogen-bond acceptors (Lipinski definition) is 1. The Hall–Kier alpha value is -2.54. The van der Waals surface area contributed by atoms with Gasteiger partial charge in [-0.25, -0.2) is 0 Å². The smallest absolute Gasteiger partial charge is 0.290 e. The first-order chi connectivity index (χ1) is 11.9. The average Bonchev–Trinajstić information content (AvgIpc) is 2.58. The maximum atomic E-state index is 12.6. The molecule has 0 fully saturated rings. The van der Waals surface area contributed by atoms with Gasteiger partial charge < -0.3 is 0 Å². The van der Waals surface area contributed by atoms with Crippen LogP contribution in [-0.2, 0) is 11.2 Å². The minimum absolute atomic E-state index is 0.534. The third kappa shape index (κ3) is 5.79. The van der Waals surface area contributed by atoms with Crippen LogP contribution in [0.5, 0.6) is 0 Å². The van der Waals surface area contributed by atoms with Gasteiger partial charge in [-0.2, -0.15) is 13.2 Å². The van der Waals surface area contributed by atoms with E-state index in [9.17, 15) is 18.0 Å². The van der Waals surface area contributed by atoms with Crippen LogP contribution in [0.4, 0.5) is 13.2 Å². The van der Waals surface area contributed by atoms with Gasteiger partial charge in [-0.1, -0.05) is 60.5 Å². The van der Waals surface area contributed by atoms with Gasteiger partial charge in [-0.15, -0.1) is 5.92 Å². The van der Waals surface area contributed by atoms with Crippen molar-refractivity contribution in [3.05, 3.63) is 71.3 Å². The topological polar surface area (TPSA) is 17.1 Å². The van der Waals surface area contributed by atoms with Crippen LogP contribution in [0.2, 0.25) is 0 Å². The molecule has 0 radical (unpaired) electrons. The van der Waals surface area contributed by atoms with Crippen molar-refractivity contribution in [2.45, 2.75) is 38.3 Å². The van der Waals surface area contributed by atoms with Crippen LogP contribution in [0.15, 0.2) is 54.6 Å². The predicted octanol–water partition coefficient (Wildman–Crippen LogP) is 5.24. The van der Waals surface area contributed by atoms with Gasteiger partial charge >= 0.3 is 6.18 Å². The summed E-state index contributed by atoms with van der Waals surface area (Å²) < 4.78 is 37.9. The van der Waals surface area contributed by atoms with Crippen molar-refractivity contribution >= 4 is 5.78 Å². The van der Waals surface area contributed by atoms with Crippen LogP contribution in [0.1, 0.15) is 35.4 Å². The number of rotatable bonds is 5. The molecule has 1 atom stereocenters. The first kappa shape index (κ1) is 18.8. The summed E-state index contributed by atoms with van der Waals surface area (Å²) in [6.07, 6.45) is -4.21. The maximum Gasteiger partial charge on any atom is 0.450 e. The Morgan fingerprint density at radius 2 is 1.68 bits per heavy atom. The summed E-state index contributed by atoms with van der Waals surface area (Å²) in [5, 5.41) is 0. The van der Waals surface area contributed by atoms with Crippen molar-refractivity contribution in [2.75, 3.05) is 0 Å². The lowest BCUT2D eigenvalue weighted by atomic mass is 9.90. The van der Waals surface area contributed by atoms with Gasteiger partial charge in [-0.05, 0) is 30.0 Å². The van der Waals surface area contributed by atoms with Crippen molar-refractivity contribution in [1.82, 2.24) is 0 Å². The minimum Gasteiger partial charge on any atom is -0.290 e. The second-order valence-electron chi connectivity index (χ2n) is 5.84. The Balaban J connectivity index is 2.14. The number of hydrogen-bond donors (Lipinski definition) is 0. The van der Waals surface area contributed by atoms with Gasteiger partial charge in [0.2, 0.25) is 5.78 Å². The van der Waals surface area contributed by atoms with Crippen LogP contribution >= 0.6 is 0 Å². The number of carbonyl (C=O) groups excluding carboxylic acids is 1. The molecule has 1 nitrogen and oxygen atoms in total. The summed E-state index contributed by atoms with van der Waals surface area (Å²) in [5.74, 6) is 3.34. The van der Waals surface area contributed by atoms with Crippen LogP contribution in [0.25, 0.3) is 0 Å². The quantitative estimate of drug-likeness (QED) is 0.678. The summed E-state index contributed by atoms with van der Waals surface area (Å²) >= 11 is 0.